The van der Waals surface area contributed by atoms with Crippen molar-refractivity contribution in [2.24, 2.45) is 5.73 Å². The molecule has 1 amide bonds. The second-order valence-corrected chi connectivity index (χ2v) is 9.20. The summed E-state index contributed by atoms with van der Waals surface area (Å²) in [4.78, 5) is 22.3. The maximum Gasteiger partial charge on any atom is 0.232 e. The zero-order valence-corrected chi connectivity index (χ0v) is 20.3. The Morgan fingerprint density at radius 3 is 2.59 bits per heavy atom. The Kier molecular flexibility index (Phi) is 6.81. The van der Waals surface area contributed by atoms with E-state index in [4.69, 9.17) is 15.8 Å². The first-order valence-electron chi connectivity index (χ1n) is 10.9. The summed E-state index contributed by atoms with van der Waals surface area (Å²) in [5.74, 6) is 1.02. The Bertz CT molecular complexity index is 1100. The third kappa shape index (κ3) is 4.32. The van der Waals surface area contributed by atoms with Crippen LogP contribution in [-0.2, 0) is 10.2 Å². The molecule has 0 bridgehead atoms. The number of halogens is 1. The minimum atomic E-state index is -0.625. The van der Waals surface area contributed by atoms with E-state index >= 15 is 0 Å². The SMILES string of the molecule is Cc1cn2nc([C@H](C)N(C)C(=O)C(C)(C)c3ccccc3)cc2nc1N1CC[C@H](N)C1.Cl. The van der Waals surface area contributed by atoms with E-state index in [-0.39, 0.29) is 30.4 Å². The maximum absolute atomic E-state index is 13.4. The highest BCUT2D eigenvalue weighted by Crippen LogP contribution is 2.30. The van der Waals surface area contributed by atoms with E-state index in [1.807, 2.05) is 70.4 Å². The molecule has 0 radical (unpaired) electrons. The lowest BCUT2D eigenvalue weighted by atomic mass is 9.83. The summed E-state index contributed by atoms with van der Waals surface area (Å²) >= 11 is 0. The van der Waals surface area contributed by atoms with E-state index in [1.165, 1.54) is 0 Å². The van der Waals surface area contributed by atoms with E-state index in [1.54, 1.807) is 9.42 Å². The summed E-state index contributed by atoms with van der Waals surface area (Å²) in [5, 5.41) is 4.73. The molecule has 3 aromatic rings. The Labute approximate surface area is 196 Å². The van der Waals surface area contributed by atoms with Crippen molar-refractivity contribution in [3.63, 3.8) is 0 Å². The van der Waals surface area contributed by atoms with Gasteiger partial charge in [-0.3, -0.25) is 4.79 Å². The second kappa shape index (κ2) is 9.08. The number of hydrogen-bond donors (Lipinski definition) is 1. The van der Waals surface area contributed by atoms with Crippen LogP contribution in [0.3, 0.4) is 0 Å². The smallest absolute Gasteiger partial charge is 0.232 e. The van der Waals surface area contributed by atoms with Crippen LogP contribution >= 0.6 is 12.4 Å². The molecule has 1 aliphatic heterocycles. The van der Waals surface area contributed by atoms with E-state index in [0.717, 1.165) is 47.8 Å². The molecule has 1 fully saturated rings. The number of aromatic nitrogens is 3. The molecule has 0 saturated carbocycles. The first-order chi connectivity index (χ1) is 14.7. The number of carbonyl (C=O) groups is 1. The average molecular weight is 457 g/mol. The predicted octanol–water partition coefficient (Wildman–Crippen LogP) is 3.49. The van der Waals surface area contributed by atoms with Gasteiger partial charge in [0.15, 0.2) is 5.65 Å². The van der Waals surface area contributed by atoms with Gasteiger partial charge in [-0.25, -0.2) is 9.50 Å². The molecular formula is C24H33ClN6O. The average Bonchev–Trinajstić information content (AvgIpc) is 3.37. The van der Waals surface area contributed by atoms with Crippen LogP contribution in [0, 0.1) is 6.92 Å². The third-order valence-electron chi connectivity index (χ3n) is 6.51. The number of nitrogens with zero attached hydrogens (tertiary/aromatic N) is 5. The summed E-state index contributed by atoms with van der Waals surface area (Å²) in [6.07, 6.45) is 2.99. The van der Waals surface area contributed by atoms with Crippen molar-refractivity contribution in [2.75, 3.05) is 25.0 Å². The summed E-state index contributed by atoms with van der Waals surface area (Å²) in [6, 6.07) is 11.9. The van der Waals surface area contributed by atoms with Gasteiger partial charge in [0, 0.05) is 44.0 Å². The number of nitrogens with two attached hydrogens (primary N) is 1. The molecule has 2 aromatic heterocycles. The van der Waals surface area contributed by atoms with Gasteiger partial charge in [-0.15, -0.1) is 12.4 Å². The van der Waals surface area contributed by atoms with Crippen LogP contribution in [0.15, 0.2) is 42.6 Å². The topological polar surface area (TPSA) is 79.8 Å². The Morgan fingerprint density at radius 1 is 1.28 bits per heavy atom. The summed E-state index contributed by atoms with van der Waals surface area (Å²) in [7, 11) is 1.84. The van der Waals surface area contributed by atoms with Crippen molar-refractivity contribution >= 4 is 29.8 Å². The van der Waals surface area contributed by atoms with Crippen molar-refractivity contribution in [1.82, 2.24) is 19.5 Å². The number of hydrogen-bond acceptors (Lipinski definition) is 5. The number of benzene rings is 1. The zero-order chi connectivity index (χ0) is 22.3. The van der Waals surface area contributed by atoms with Gasteiger partial charge in [-0.2, -0.15) is 5.10 Å². The van der Waals surface area contributed by atoms with Gasteiger partial charge >= 0.3 is 0 Å². The van der Waals surface area contributed by atoms with Crippen LogP contribution in [0.2, 0.25) is 0 Å². The van der Waals surface area contributed by atoms with Crippen molar-refractivity contribution in [1.29, 1.82) is 0 Å². The molecule has 4 rings (SSSR count). The standard InChI is InChI=1S/C24H32N6O.ClH/c1-16-14-30-21(26-22(16)29-12-11-19(25)15-29)13-20(27-30)17(2)28(5)23(31)24(3,4)18-9-7-6-8-10-18;/h6-10,13-14,17,19H,11-12,15,25H2,1-5H3;1H/t17-,19-;/m0./s1. The molecule has 1 aromatic carbocycles. The van der Waals surface area contributed by atoms with Crippen molar-refractivity contribution in [3.05, 3.63) is 59.4 Å². The lowest BCUT2D eigenvalue weighted by Crippen LogP contribution is -2.42. The van der Waals surface area contributed by atoms with Crippen LogP contribution in [0.1, 0.15) is 50.1 Å². The molecule has 172 valence electrons. The van der Waals surface area contributed by atoms with Gasteiger partial charge in [0.25, 0.3) is 0 Å². The monoisotopic (exact) mass is 456 g/mol. The largest absolute Gasteiger partial charge is 0.355 e. The molecule has 3 heterocycles. The normalized spacial score (nSPS) is 17.3. The number of rotatable bonds is 5. The molecule has 7 nitrogen and oxygen atoms in total. The molecule has 1 aliphatic rings. The van der Waals surface area contributed by atoms with E-state index in [2.05, 4.69) is 11.8 Å². The number of anilines is 1. The minimum Gasteiger partial charge on any atom is -0.355 e. The molecule has 32 heavy (non-hydrogen) atoms. The maximum atomic E-state index is 13.4. The lowest BCUT2D eigenvalue weighted by Gasteiger charge is -2.33. The molecule has 0 spiro atoms. The van der Waals surface area contributed by atoms with Gasteiger partial charge in [-0.1, -0.05) is 30.3 Å². The fourth-order valence-electron chi connectivity index (χ4n) is 4.32. The number of fused-ring (bicyclic) bond motifs is 1. The van der Waals surface area contributed by atoms with Gasteiger partial charge in [0.2, 0.25) is 5.91 Å². The van der Waals surface area contributed by atoms with Crippen molar-refractivity contribution in [2.45, 2.75) is 51.6 Å². The Hall–Kier alpha value is -2.64. The predicted molar refractivity (Wildman–Crippen MR) is 130 cm³/mol. The fraction of sp³-hybridized carbons (Fsp3) is 0.458. The highest BCUT2D eigenvalue weighted by molar-refractivity contribution is 5.87. The van der Waals surface area contributed by atoms with Crippen molar-refractivity contribution < 1.29 is 4.79 Å². The third-order valence-corrected chi connectivity index (χ3v) is 6.51. The molecule has 0 unspecified atom stereocenters. The minimum absolute atomic E-state index is 0. The molecule has 2 atom stereocenters. The quantitative estimate of drug-likeness (QED) is 0.635. The number of carbonyl (C=O) groups excluding carboxylic acids is 1. The first kappa shape index (κ1) is 24.0. The van der Waals surface area contributed by atoms with Crippen LogP contribution in [0.25, 0.3) is 5.65 Å². The molecule has 2 N–H and O–H groups in total. The van der Waals surface area contributed by atoms with Crippen LogP contribution < -0.4 is 10.6 Å². The highest BCUT2D eigenvalue weighted by Gasteiger charge is 2.35. The second-order valence-electron chi connectivity index (χ2n) is 9.20. The zero-order valence-electron chi connectivity index (χ0n) is 19.4. The van der Waals surface area contributed by atoms with Crippen LogP contribution in [0.4, 0.5) is 5.82 Å². The van der Waals surface area contributed by atoms with E-state index < -0.39 is 5.41 Å². The Morgan fingerprint density at radius 2 is 1.97 bits per heavy atom. The first-order valence-corrected chi connectivity index (χ1v) is 10.9. The van der Waals surface area contributed by atoms with Gasteiger partial charge in [-0.05, 0) is 39.7 Å². The fourth-order valence-corrected chi connectivity index (χ4v) is 4.32. The van der Waals surface area contributed by atoms with Gasteiger partial charge < -0.3 is 15.5 Å². The molecular weight excluding hydrogens is 424 g/mol. The molecule has 8 heteroatoms. The van der Waals surface area contributed by atoms with Crippen LogP contribution in [0.5, 0.6) is 0 Å². The summed E-state index contributed by atoms with van der Waals surface area (Å²) in [5.41, 5.74) is 9.13. The molecule has 0 aliphatic carbocycles. The number of likely N-dealkylation sites (N-methyl/N-ethyl adjacent to an activating group) is 1. The number of amides is 1. The van der Waals surface area contributed by atoms with E-state index in [9.17, 15) is 4.79 Å². The van der Waals surface area contributed by atoms with Crippen molar-refractivity contribution in [3.8, 4) is 0 Å². The summed E-state index contributed by atoms with van der Waals surface area (Å²) < 4.78 is 1.81. The summed E-state index contributed by atoms with van der Waals surface area (Å²) in [6.45, 7) is 9.75. The highest BCUT2D eigenvalue weighted by atomic mass is 35.5. The number of aryl methyl sites for hydroxylation is 1. The van der Waals surface area contributed by atoms with Gasteiger partial charge in [0.1, 0.15) is 5.82 Å². The Balaban J connectivity index is 0.00000289. The molecule has 1 saturated heterocycles. The van der Waals surface area contributed by atoms with E-state index in [0.29, 0.717) is 0 Å². The lowest BCUT2D eigenvalue weighted by molar-refractivity contribution is -0.137. The van der Waals surface area contributed by atoms with Gasteiger partial charge in [0.05, 0.1) is 17.2 Å². The van der Waals surface area contributed by atoms with Crippen LogP contribution in [-0.4, -0.2) is 51.6 Å².